The summed E-state index contributed by atoms with van der Waals surface area (Å²) in [7, 11) is 0. The second-order valence-corrected chi connectivity index (χ2v) is 4.64. The molecule has 0 aliphatic rings. The Balaban J connectivity index is 1.90. The average molecular weight is 290 g/mol. The Labute approximate surface area is 124 Å². The van der Waals surface area contributed by atoms with Crippen LogP contribution in [0.15, 0.2) is 53.6 Å². The third kappa shape index (κ3) is 2.05. The SMILES string of the molecule is Nc1nccc(-c2ccc3noc(-c4ccncn4)c3c2)n1. The highest BCUT2D eigenvalue weighted by Crippen LogP contribution is 2.30. The van der Waals surface area contributed by atoms with Crippen LogP contribution in [0, 0.1) is 0 Å². The number of nitrogen functional groups attached to an aromatic ring is 1. The van der Waals surface area contributed by atoms with Gasteiger partial charge in [0.15, 0.2) is 5.76 Å². The molecule has 0 amide bonds. The molecule has 0 bridgehead atoms. The molecule has 0 saturated heterocycles. The van der Waals surface area contributed by atoms with Crippen LogP contribution in [0.1, 0.15) is 0 Å². The lowest BCUT2D eigenvalue weighted by molar-refractivity contribution is 0.439. The molecule has 4 rings (SSSR count). The van der Waals surface area contributed by atoms with Gasteiger partial charge in [0, 0.05) is 18.0 Å². The Morgan fingerprint density at radius 1 is 0.955 bits per heavy atom. The second kappa shape index (κ2) is 4.88. The Hall–Kier alpha value is -3.35. The van der Waals surface area contributed by atoms with E-state index < -0.39 is 0 Å². The first-order chi connectivity index (χ1) is 10.8. The van der Waals surface area contributed by atoms with E-state index >= 15 is 0 Å². The van der Waals surface area contributed by atoms with E-state index in [1.165, 1.54) is 6.33 Å². The maximum Gasteiger partial charge on any atom is 0.220 e. The lowest BCUT2D eigenvalue weighted by Crippen LogP contribution is -1.95. The van der Waals surface area contributed by atoms with Gasteiger partial charge in [-0.05, 0) is 24.3 Å². The summed E-state index contributed by atoms with van der Waals surface area (Å²) in [5.74, 6) is 0.834. The summed E-state index contributed by atoms with van der Waals surface area (Å²) in [5, 5.41) is 4.91. The van der Waals surface area contributed by atoms with Gasteiger partial charge in [-0.25, -0.2) is 19.9 Å². The lowest BCUT2D eigenvalue weighted by atomic mass is 10.1. The number of nitrogens with zero attached hydrogens (tertiary/aromatic N) is 5. The molecule has 0 saturated carbocycles. The van der Waals surface area contributed by atoms with Crippen molar-refractivity contribution in [3.05, 3.63) is 49.1 Å². The molecule has 0 aliphatic carbocycles. The fourth-order valence-corrected chi connectivity index (χ4v) is 2.25. The molecule has 0 fully saturated rings. The molecule has 2 N–H and O–H groups in total. The number of hydrogen-bond acceptors (Lipinski definition) is 7. The molecule has 106 valence electrons. The molecule has 1 aromatic carbocycles. The highest BCUT2D eigenvalue weighted by Gasteiger charge is 2.13. The first-order valence-electron chi connectivity index (χ1n) is 6.56. The fraction of sp³-hybridized carbons (Fsp3) is 0. The van der Waals surface area contributed by atoms with Gasteiger partial charge < -0.3 is 10.3 Å². The minimum Gasteiger partial charge on any atom is -0.368 e. The summed E-state index contributed by atoms with van der Waals surface area (Å²) in [6, 6.07) is 9.31. The molecule has 7 heteroatoms. The smallest absolute Gasteiger partial charge is 0.220 e. The van der Waals surface area contributed by atoms with Crippen molar-refractivity contribution in [1.29, 1.82) is 0 Å². The van der Waals surface area contributed by atoms with E-state index in [1.807, 2.05) is 18.2 Å². The topological polar surface area (TPSA) is 104 Å². The lowest BCUT2D eigenvalue weighted by Gasteiger charge is -2.01. The van der Waals surface area contributed by atoms with Gasteiger partial charge >= 0.3 is 0 Å². The Bertz CT molecular complexity index is 951. The van der Waals surface area contributed by atoms with Crippen LogP contribution in [0.2, 0.25) is 0 Å². The van der Waals surface area contributed by atoms with E-state index in [4.69, 9.17) is 10.3 Å². The van der Waals surface area contributed by atoms with Gasteiger partial charge in [-0.2, -0.15) is 0 Å². The van der Waals surface area contributed by atoms with E-state index in [0.29, 0.717) is 11.5 Å². The van der Waals surface area contributed by atoms with Gasteiger partial charge in [-0.15, -0.1) is 0 Å². The van der Waals surface area contributed by atoms with Crippen molar-refractivity contribution in [2.24, 2.45) is 0 Å². The molecule has 0 spiro atoms. The van der Waals surface area contributed by atoms with Crippen molar-refractivity contribution < 1.29 is 4.52 Å². The molecule has 0 atom stereocenters. The first-order valence-corrected chi connectivity index (χ1v) is 6.56. The molecule has 4 aromatic rings. The van der Waals surface area contributed by atoms with Crippen molar-refractivity contribution >= 4 is 16.9 Å². The maximum atomic E-state index is 5.64. The number of benzene rings is 1. The Morgan fingerprint density at radius 3 is 2.68 bits per heavy atom. The molecule has 0 radical (unpaired) electrons. The summed E-state index contributed by atoms with van der Waals surface area (Å²) in [6.45, 7) is 0. The predicted octanol–water partition coefficient (Wildman–Crippen LogP) is 2.32. The van der Waals surface area contributed by atoms with Crippen LogP contribution in [-0.2, 0) is 0 Å². The molecule has 0 unspecified atom stereocenters. The number of anilines is 1. The van der Waals surface area contributed by atoms with Crippen LogP contribution in [0.25, 0.3) is 33.6 Å². The first kappa shape index (κ1) is 12.4. The zero-order chi connectivity index (χ0) is 14.9. The zero-order valence-electron chi connectivity index (χ0n) is 11.3. The maximum absolute atomic E-state index is 5.64. The minimum absolute atomic E-state index is 0.235. The van der Waals surface area contributed by atoms with Crippen molar-refractivity contribution in [1.82, 2.24) is 25.1 Å². The number of hydrogen-bond donors (Lipinski definition) is 1. The third-order valence-electron chi connectivity index (χ3n) is 3.26. The van der Waals surface area contributed by atoms with Crippen LogP contribution in [0.5, 0.6) is 0 Å². The van der Waals surface area contributed by atoms with Gasteiger partial charge in [0.1, 0.15) is 17.5 Å². The quantitative estimate of drug-likeness (QED) is 0.604. The van der Waals surface area contributed by atoms with Crippen LogP contribution in [-0.4, -0.2) is 25.1 Å². The van der Waals surface area contributed by atoms with Crippen molar-refractivity contribution in [2.45, 2.75) is 0 Å². The monoisotopic (exact) mass is 290 g/mol. The van der Waals surface area contributed by atoms with E-state index in [0.717, 1.165) is 22.2 Å². The highest BCUT2D eigenvalue weighted by molar-refractivity contribution is 5.93. The van der Waals surface area contributed by atoms with Crippen molar-refractivity contribution in [2.75, 3.05) is 5.73 Å². The zero-order valence-corrected chi connectivity index (χ0v) is 11.3. The van der Waals surface area contributed by atoms with Crippen LogP contribution >= 0.6 is 0 Å². The molecular weight excluding hydrogens is 280 g/mol. The molecule has 3 heterocycles. The van der Waals surface area contributed by atoms with E-state index in [1.54, 1.807) is 24.5 Å². The number of aromatic nitrogens is 5. The largest absolute Gasteiger partial charge is 0.368 e. The van der Waals surface area contributed by atoms with Crippen LogP contribution in [0.4, 0.5) is 5.95 Å². The molecule has 7 nitrogen and oxygen atoms in total. The van der Waals surface area contributed by atoms with E-state index in [9.17, 15) is 0 Å². The van der Waals surface area contributed by atoms with Gasteiger partial charge in [0.25, 0.3) is 0 Å². The van der Waals surface area contributed by atoms with E-state index in [2.05, 4.69) is 25.1 Å². The normalized spacial score (nSPS) is 10.9. The predicted molar refractivity (Wildman–Crippen MR) is 80.5 cm³/mol. The van der Waals surface area contributed by atoms with Crippen LogP contribution < -0.4 is 5.73 Å². The molecule has 22 heavy (non-hydrogen) atoms. The van der Waals surface area contributed by atoms with E-state index in [-0.39, 0.29) is 5.95 Å². The number of fused-ring (bicyclic) bond motifs is 1. The Kier molecular flexibility index (Phi) is 2.75. The molecule has 3 aromatic heterocycles. The molecular formula is C15H10N6O. The standard InChI is InChI=1S/C15H10N6O/c16-15-18-6-4-11(20-15)9-1-2-12-10(7-9)14(22-21-12)13-3-5-17-8-19-13/h1-8H,(H2,16,18,20). The second-order valence-electron chi connectivity index (χ2n) is 4.64. The number of nitrogens with two attached hydrogens (primary N) is 1. The highest BCUT2D eigenvalue weighted by atomic mass is 16.5. The summed E-state index contributed by atoms with van der Waals surface area (Å²) < 4.78 is 5.42. The minimum atomic E-state index is 0.235. The summed E-state index contributed by atoms with van der Waals surface area (Å²) in [4.78, 5) is 16.2. The van der Waals surface area contributed by atoms with Crippen molar-refractivity contribution in [3.63, 3.8) is 0 Å². The van der Waals surface area contributed by atoms with Crippen LogP contribution in [0.3, 0.4) is 0 Å². The Morgan fingerprint density at radius 2 is 1.86 bits per heavy atom. The number of rotatable bonds is 2. The summed E-state index contributed by atoms with van der Waals surface area (Å²) >= 11 is 0. The van der Waals surface area contributed by atoms with Gasteiger partial charge in [-0.3, -0.25) is 0 Å². The van der Waals surface area contributed by atoms with Crippen molar-refractivity contribution in [3.8, 4) is 22.7 Å². The third-order valence-corrected chi connectivity index (χ3v) is 3.26. The average Bonchev–Trinajstić information content (AvgIpc) is 2.99. The summed E-state index contributed by atoms with van der Waals surface area (Å²) in [6.07, 6.45) is 4.76. The van der Waals surface area contributed by atoms with Gasteiger partial charge in [-0.1, -0.05) is 11.2 Å². The van der Waals surface area contributed by atoms with Gasteiger partial charge in [0.05, 0.1) is 11.1 Å². The van der Waals surface area contributed by atoms with Gasteiger partial charge in [0.2, 0.25) is 5.95 Å². The molecule has 0 aliphatic heterocycles. The fourth-order valence-electron chi connectivity index (χ4n) is 2.25. The summed E-state index contributed by atoms with van der Waals surface area (Å²) in [5.41, 5.74) is 8.71.